The molecule has 0 bridgehead atoms. The molecule has 0 fully saturated rings. The zero-order chi connectivity index (χ0) is 21.6. The van der Waals surface area contributed by atoms with E-state index in [0.717, 1.165) is 10.0 Å². The Kier molecular flexibility index (Phi) is 8.11. The molecule has 0 unspecified atom stereocenters. The number of nitrogens with one attached hydrogen (secondary N) is 1. The maximum Gasteiger partial charge on any atom is 0.261 e. The van der Waals surface area contributed by atoms with Gasteiger partial charge in [-0.1, -0.05) is 39.7 Å². The predicted molar refractivity (Wildman–Crippen MR) is 119 cm³/mol. The smallest absolute Gasteiger partial charge is 0.261 e. The molecule has 0 saturated carbocycles. The van der Waals surface area contributed by atoms with Gasteiger partial charge in [0, 0.05) is 21.6 Å². The van der Waals surface area contributed by atoms with E-state index in [-0.39, 0.29) is 18.4 Å². The highest BCUT2D eigenvalue weighted by Gasteiger charge is 2.28. The van der Waals surface area contributed by atoms with Crippen LogP contribution in [0.25, 0.3) is 0 Å². The van der Waals surface area contributed by atoms with Crippen LogP contribution in [-0.2, 0) is 16.1 Å². The second-order valence-electron chi connectivity index (χ2n) is 7.81. The van der Waals surface area contributed by atoms with Gasteiger partial charge in [0.15, 0.2) is 6.61 Å². The molecule has 2 aromatic carbocycles. The number of nitrogens with zero attached hydrogens (tertiary/aromatic N) is 1. The molecule has 0 aliphatic rings. The summed E-state index contributed by atoms with van der Waals surface area (Å²) in [5, 5.41) is 3.52. The zero-order valence-electron chi connectivity index (χ0n) is 17.0. The average molecular weight is 482 g/mol. The van der Waals surface area contributed by atoms with Crippen LogP contribution >= 0.6 is 27.5 Å². The number of carbonyl (C=O) groups excluding carboxylic acids is 2. The number of amides is 2. The molecule has 2 aromatic rings. The minimum absolute atomic E-state index is 0.178. The number of halogens is 2. The molecule has 29 heavy (non-hydrogen) atoms. The Morgan fingerprint density at radius 3 is 2.41 bits per heavy atom. The maximum absolute atomic E-state index is 13.0. The van der Waals surface area contributed by atoms with Gasteiger partial charge in [-0.05, 0) is 69.7 Å². The third-order valence-corrected chi connectivity index (χ3v) is 4.83. The van der Waals surface area contributed by atoms with E-state index in [1.54, 1.807) is 31.2 Å². The number of rotatable bonds is 7. The van der Waals surface area contributed by atoms with Gasteiger partial charge < -0.3 is 15.0 Å². The highest BCUT2D eigenvalue weighted by Crippen LogP contribution is 2.18. The molecule has 0 saturated heterocycles. The van der Waals surface area contributed by atoms with Gasteiger partial charge in [0.05, 0.1) is 0 Å². The summed E-state index contributed by atoms with van der Waals surface area (Å²) in [6.45, 7) is 7.55. The Balaban J connectivity index is 2.16. The molecule has 156 valence electrons. The number of ether oxygens (including phenoxy) is 1. The molecular formula is C22H26BrClN2O3. The molecule has 0 spiro atoms. The SMILES string of the molecule is C[C@H](C(=O)NC(C)(C)C)N(Cc1cccc(Br)c1)C(=O)COc1ccc(Cl)cc1. The Bertz CT molecular complexity index is 850. The summed E-state index contributed by atoms with van der Waals surface area (Å²) in [5.74, 6) is 0.0424. The van der Waals surface area contributed by atoms with E-state index in [1.165, 1.54) is 4.90 Å². The fraction of sp³-hybridized carbons (Fsp3) is 0.364. The first kappa shape index (κ1) is 23.2. The Hall–Kier alpha value is -2.05. The van der Waals surface area contributed by atoms with E-state index in [1.807, 2.05) is 45.0 Å². The predicted octanol–water partition coefficient (Wildman–Crippen LogP) is 4.81. The van der Waals surface area contributed by atoms with Crippen LogP contribution in [0.1, 0.15) is 33.3 Å². The van der Waals surface area contributed by atoms with E-state index < -0.39 is 11.6 Å². The van der Waals surface area contributed by atoms with Crippen molar-refractivity contribution in [1.82, 2.24) is 10.2 Å². The Morgan fingerprint density at radius 2 is 1.83 bits per heavy atom. The van der Waals surface area contributed by atoms with Crippen molar-refractivity contribution >= 4 is 39.3 Å². The summed E-state index contributed by atoms with van der Waals surface area (Å²) in [6.07, 6.45) is 0. The van der Waals surface area contributed by atoms with Crippen LogP contribution in [0.15, 0.2) is 53.0 Å². The van der Waals surface area contributed by atoms with Crippen molar-refractivity contribution < 1.29 is 14.3 Å². The lowest BCUT2D eigenvalue weighted by Gasteiger charge is -2.31. The molecule has 0 aromatic heterocycles. The first-order valence-corrected chi connectivity index (χ1v) is 10.5. The molecular weight excluding hydrogens is 456 g/mol. The molecule has 0 heterocycles. The summed E-state index contributed by atoms with van der Waals surface area (Å²) >= 11 is 9.32. The van der Waals surface area contributed by atoms with Crippen molar-refractivity contribution in [3.8, 4) is 5.75 Å². The van der Waals surface area contributed by atoms with Crippen LogP contribution in [0, 0.1) is 0 Å². The zero-order valence-corrected chi connectivity index (χ0v) is 19.4. The summed E-state index contributed by atoms with van der Waals surface area (Å²) in [5.41, 5.74) is 0.518. The number of hydrogen-bond donors (Lipinski definition) is 1. The maximum atomic E-state index is 13.0. The standard InChI is InChI=1S/C22H26BrClN2O3/c1-15(21(28)25-22(2,3)4)26(13-16-6-5-7-17(23)12-16)20(27)14-29-19-10-8-18(24)9-11-19/h5-12,15H,13-14H2,1-4H3,(H,25,28)/t15-/m1/s1. The number of carbonyl (C=O) groups is 2. The highest BCUT2D eigenvalue weighted by molar-refractivity contribution is 9.10. The molecule has 1 N–H and O–H groups in total. The molecule has 2 rings (SSSR count). The molecule has 0 aliphatic heterocycles. The van der Waals surface area contributed by atoms with Gasteiger partial charge in [-0.25, -0.2) is 0 Å². The van der Waals surface area contributed by atoms with E-state index in [0.29, 0.717) is 17.3 Å². The van der Waals surface area contributed by atoms with E-state index >= 15 is 0 Å². The van der Waals surface area contributed by atoms with Gasteiger partial charge in [-0.3, -0.25) is 9.59 Å². The lowest BCUT2D eigenvalue weighted by Crippen LogP contribution is -2.53. The summed E-state index contributed by atoms with van der Waals surface area (Å²) < 4.78 is 6.51. The van der Waals surface area contributed by atoms with Crippen LogP contribution in [0.5, 0.6) is 5.75 Å². The van der Waals surface area contributed by atoms with Crippen LogP contribution in [0.4, 0.5) is 0 Å². The third kappa shape index (κ3) is 7.71. The normalized spacial score (nSPS) is 12.2. The lowest BCUT2D eigenvalue weighted by atomic mass is 10.1. The van der Waals surface area contributed by atoms with E-state index in [2.05, 4.69) is 21.2 Å². The monoisotopic (exact) mass is 480 g/mol. The van der Waals surface area contributed by atoms with Gasteiger partial charge >= 0.3 is 0 Å². The first-order valence-electron chi connectivity index (χ1n) is 9.29. The van der Waals surface area contributed by atoms with Gasteiger partial charge in [-0.15, -0.1) is 0 Å². The molecule has 7 heteroatoms. The minimum Gasteiger partial charge on any atom is -0.484 e. The number of hydrogen-bond acceptors (Lipinski definition) is 3. The fourth-order valence-electron chi connectivity index (χ4n) is 2.65. The quantitative estimate of drug-likeness (QED) is 0.617. The van der Waals surface area contributed by atoms with Gasteiger partial charge in [-0.2, -0.15) is 0 Å². The molecule has 5 nitrogen and oxygen atoms in total. The van der Waals surface area contributed by atoms with Gasteiger partial charge in [0.25, 0.3) is 5.91 Å². The van der Waals surface area contributed by atoms with Gasteiger partial charge in [0.2, 0.25) is 5.91 Å². The van der Waals surface area contributed by atoms with Crippen LogP contribution in [-0.4, -0.2) is 34.9 Å². The Labute approximate surface area is 185 Å². The topological polar surface area (TPSA) is 58.6 Å². The number of benzene rings is 2. The van der Waals surface area contributed by atoms with Crippen LogP contribution < -0.4 is 10.1 Å². The van der Waals surface area contributed by atoms with E-state index in [9.17, 15) is 9.59 Å². The van der Waals surface area contributed by atoms with E-state index in [4.69, 9.17) is 16.3 Å². The van der Waals surface area contributed by atoms with Gasteiger partial charge in [0.1, 0.15) is 11.8 Å². The van der Waals surface area contributed by atoms with Crippen LogP contribution in [0.2, 0.25) is 5.02 Å². The van der Waals surface area contributed by atoms with Crippen molar-refractivity contribution in [1.29, 1.82) is 0 Å². The molecule has 2 amide bonds. The summed E-state index contributed by atoms with van der Waals surface area (Å²) in [6, 6.07) is 13.8. The van der Waals surface area contributed by atoms with Crippen molar-refractivity contribution in [3.05, 3.63) is 63.6 Å². The summed E-state index contributed by atoms with van der Waals surface area (Å²) in [4.78, 5) is 27.2. The molecule has 1 atom stereocenters. The second kappa shape index (κ2) is 10.1. The van der Waals surface area contributed by atoms with Crippen LogP contribution in [0.3, 0.4) is 0 Å². The molecule has 0 radical (unpaired) electrons. The first-order chi connectivity index (χ1) is 13.5. The summed E-state index contributed by atoms with van der Waals surface area (Å²) in [7, 11) is 0. The lowest BCUT2D eigenvalue weighted by molar-refractivity contribution is -0.142. The van der Waals surface area contributed by atoms with Crippen molar-refractivity contribution in [2.45, 2.75) is 45.8 Å². The van der Waals surface area contributed by atoms with Crippen molar-refractivity contribution in [3.63, 3.8) is 0 Å². The Morgan fingerprint density at radius 1 is 1.17 bits per heavy atom. The fourth-order valence-corrected chi connectivity index (χ4v) is 3.22. The van der Waals surface area contributed by atoms with Crippen molar-refractivity contribution in [2.24, 2.45) is 0 Å². The van der Waals surface area contributed by atoms with Crippen molar-refractivity contribution in [2.75, 3.05) is 6.61 Å². The minimum atomic E-state index is -0.658. The average Bonchev–Trinajstić information content (AvgIpc) is 2.63. The highest BCUT2D eigenvalue weighted by atomic mass is 79.9. The molecule has 0 aliphatic carbocycles. The largest absolute Gasteiger partial charge is 0.484 e. The second-order valence-corrected chi connectivity index (χ2v) is 9.16. The third-order valence-electron chi connectivity index (χ3n) is 4.08.